The maximum atomic E-state index is 7.06. The van der Waals surface area contributed by atoms with Crippen molar-refractivity contribution in [1.29, 1.82) is 0 Å². The van der Waals surface area contributed by atoms with E-state index < -0.39 is 0 Å². The first-order valence-corrected chi connectivity index (χ1v) is 12.5. The predicted octanol–water partition coefficient (Wildman–Crippen LogP) is 3.86. The molecule has 2 aliphatic heterocycles. The first-order valence-electron chi connectivity index (χ1n) is 10.2. The van der Waals surface area contributed by atoms with Gasteiger partial charge in [0.1, 0.15) is 0 Å². The summed E-state index contributed by atoms with van der Waals surface area (Å²) in [6, 6.07) is 0. The summed E-state index contributed by atoms with van der Waals surface area (Å²) >= 11 is 7.98. The molecule has 14 atom stereocenters. The lowest BCUT2D eigenvalue weighted by atomic mass is 9.72. The largest absolute Gasteiger partial charge is 0.370 e. The van der Waals surface area contributed by atoms with Crippen LogP contribution in [0.4, 0.5) is 0 Å². The molecule has 8 aliphatic rings. The van der Waals surface area contributed by atoms with E-state index in [1.807, 2.05) is 0 Å². The van der Waals surface area contributed by atoms with E-state index in [1.165, 1.54) is 25.7 Å². The Morgan fingerprint density at radius 3 is 1.50 bits per heavy atom. The van der Waals surface area contributed by atoms with Crippen LogP contribution in [-0.4, -0.2) is 34.1 Å². The van der Waals surface area contributed by atoms with Crippen molar-refractivity contribution in [1.82, 2.24) is 0 Å². The SMILES string of the molecule is BrC[C@]12O[C@@H]3CC[C@@H]4[C@@H]3[C@@H]1[C@@H]1[C@H]3[C@@H]5[C@@H]6[C@@H](CC[C@@H]6O[C@]5(CBr)[C@@H]41)[C@@H]32. The lowest BCUT2D eigenvalue weighted by Crippen LogP contribution is -2.46. The highest BCUT2D eigenvalue weighted by molar-refractivity contribution is 9.09. The van der Waals surface area contributed by atoms with Crippen molar-refractivity contribution in [3.05, 3.63) is 0 Å². The summed E-state index contributed by atoms with van der Waals surface area (Å²) in [5.74, 6) is 8.72. The number of hydrogen-bond donors (Lipinski definition) is 0. The van der Waals surface area contributed by atoms with Gasteiger partial charge in [-0.05, 0) is 84.9 Å². The third kappa shape index (κ3) is 1.03. The standard InChI is InChI=1S/C20H24Br2O2/c21-5-19-15-7-1-3-9-11(7)17-13(15)14-16(20(17,6-22)23-9)8-2-4-10(24-19)12(8)18(14)19/h7-18H,1-6H2/t7-,8-,9-,10+,11+,12-,13-,14-,15+,16+,17-,18+,19-,20-/m1/s1. The summed E-state index contributed by atoms with van der Waals surface area (Å²) in [6.07, 6.45) is 6.61. The van der Waals surface area contributed by atoms with Crippen LogP contribution in [0, 0.1) is 59.2 Å². The van der Waals surface area contributed by atoms with Gasteiger partial charge in [-0.2, -0.15) is 0 Å². The van der Waals surface area contributed by atoms with Crippen molar-refractivity contribution >= 4 is 31.9 Å². The van der Waals surface area contributed by atoms with Crippen LogP contribution in [-0.2, 0) is 9.47 Å². The van der Waals surface area contributed by atoms with Gasteiger partial charge in [-0.25, -0.2) is 0 Å². The maximum Gasteiger partial charge on any atom is 0.0850 e. The van der Waals surface area contributed by atoms with Crippen molar-refractivity contribution in [2.45, 2.75) is 49.1 Å². The number of rotatable bonds is 2. The molecule has 0 aromatic rings. The van der Waals surface area contributed by atoms with E-state index in [-0.39, 0.29) is 11.2 Å². The van der Waals surface area contributed by atoms with Crippen LogP contribution >= 0.6 is 31.9 Å². The fraction of sp³-hybridized carbons (Fsp3) is 1.00. The molecule has 0 aromatic heterocycles. The monoisotopic (exact) mass is 454 g/mol. The molecular formula is C20H24Br2O2. The molecule has 0 aromatic carbocycles. The Hall–Kier alpha value is 0.880. The van der Waals surface area contributed by atoms with Gasteiger partial charge in [-0.1, -0.05) is 31.9 Å². The minimum atomic E-state index is 0.195. The van der Waals surface area contributed by atoms with Crippen LogP contribution in [0.15, 0.2) is 0 Å². The van der Waals surface area contributed by atoms with Crippen molar-refractivity contribution in [2.75, 3.05) is 10.7 Å². The third-order valence-corrected chi connectivity index (χ3v) is 12.4. The smallest absolute Gasteiger partial charge is 0.0850 e. The molecule has 4 heteroatoms. The summed E-state index contributed by atoms with van der Waals surface area (Å²) < 4.78 is 14.1. The number of fused-ring (bicyclic) bond motifs is 4. The molecule has 130 valence electrons. The number of halogens is 2. The summed E-state index contributed by atoms with van der Waals surface area (Å²) in [6.45, 7) is 0. The highest BCUT2D eigenvalue weighted by Gasteiger charge is 2.89. The molecule has 0 N–H and O–H groups in total. The molecule has 6 saturated carbocycles. The Balaban J connectivity index is 1.44. The first-order chi connectivity index (χ1) is 11.8. The number of alkyl halides is 2. The van der Waals surface area contributed by atoms with Gasteiger partial charge >= 0.3 is 0 Å². The van der Waals surface area contributed by atoms with E-state index in [4.69, 9.17) is 9.47 Å². The van der Waals surface area contributed by atoms with Gasteiger partial charge in [-0.3, -0.25) is 0 Å². The highest BCUT2D eigenvalue weighted by atomic mass is 79.9. The average molecular weight is 456 g/mol. The molecule has 8 fully saturated rings. The third-order valence-electron chi connectivity index (χ3n) is 10.7. The number of hydrogen-bond acceptors (Lipinski definition) is 2. The normalized spacial score (nSPS) is 77.2. The predicted molar refractivity (Wildman–Crippen MR) is 96.2 cm³/mol. The zero-order chi connectivity index (χ0) is 15.6. The lowest BCUT2D eigenvalue weighted by Gasteiger charge is -2.39. The Labute approximate surface area is 160 Å². The number of ether oxygens (including phenoxy) is 2. The van der Waals surface area contributed by atoms with Gasteiger partial charge in [0, 0.05) is 10.7 Å². The quantitative estimate of drug-likeness (QED) is 0.588. The second-order valence-electron chi connectivity index (χ2n) is 10.4. The summed E-state index contributed by atoms with van der Waals surface area (Å²) in [4.78, 5) is 0. The molecule has 0 radical (unpaired) electrons. The molecule has 0 amide bonds. The van der Waals surface area contributed by atoms with Gasteiger partial charge in [-0.15, -0.1) is 0 Å². The second kappa shape index (κ2) is 3.86. The van der Waals surface area contributed by atoms with Crippen LogP contribution in [0.2, 0.25) is 0 Å². The Kier molecular flexibility index (Phi) is 2.25. The molecule has 2 heterocycles. The fourth-order valence-corrected chi connectivity index (χ4v) is 12.8. The van der Waals surface area contributed by atoms with Gasteiger partial charge < -0.3 is 9.47 Å². The fourth-order valence-electron chi connectivity index (χ4n) is 11.1. The molecule has 24 heavy (non-hydrogen) atoms. The van der Waals surface area contributed by atoms with Gasteiger partial charge in [0.15, 0.2) is 0 Å². The zero-order valence-corrected chi connectivity index (χ0v) is 16.9. The second-order valence-corrected chi connectivity index (χ2v) is 11.5. The Morgan fingerprint density at radius 1 is 0.625 bits per heavy atom. The molecule has 2 saturated heterocycles. The highest BCUT2D eigenvalue weighted by Crippen LogP contribution is 2.86. The van der Waals surface area contributed by atoms with E-state index in [0.29, 0.717) is 12.2 Å². The van der Waals surface area contributed by atoms with Crippen molar-refractivity contribution < 1.29 is 9.47 Å². The topological polar surface area (TPSA) is 18.5 Å². The van der Waals surface area contributed by atoms with E-state index >= 15 is 0 Å². The molecular weight excluding hydrogens is 432 g/mol. The Bertz CT molecular complexity index is 614. The van der Waals surface area contributed by atoms with Crippen LogP contribution in [0.1, 0.15) is 25.7 Å². The van der Waals surface area contributed by atoms with Crippen molar-refractivity contribution in [3.8, 4) is 0 Å². The van der Waals surface area contributed by atoms with Crippen molar-refractivity contribution in [3.63, 3.8) is 0 Å². The zero-order valence-electron chi connectivity index (χ0n) is 13.7. The van der Waals surface area contributed by atoms with E-state index in [2.05, 4.69) is 31.9 Å². The first kappa shape index (κ1) is 14.0. The molecule has 6 aliphatic carbocycles. The summed E-state index contributed by atoms with van der Waals surface area (Å²) in [5, 5.41) is 2.19. The van der Waals surface area contributed by atoms with Gasteiger partial charge in [0.2, 0.25) is 0 Å². The van der Waals surface area contributed by atoms with Crippen LogP contribution in [0.5, 0.6) is 0 Å². The maximum absolute atomic E-state index is 7.06. The van der Waals surface area contributed by atoms with E-state index in [0.717, 1.165) is 69.8 Å². The molecule has 2 nitrogen and oxygen atoms in total. The lowest BCUT2D eigenvalue weighted by molar-refractivity contribution is -0.105. The Morgan fingerprint density at radius 2 is 1.08 bits per heavy atom. The van der Waals surface area contributed by atoms with Gasteiger partial charge in [0.25, 0.3) is 0 Å². The molecule has 0 bridgehead atoms. The van der Waals surface area contributed by atoms with Gasteiger partial charge in [0.05, 0.1) is 23.4 Å². The van der Waals surface area contributed by atoms with Crippen LogP contribution in [0.25, 0.3) is 0 Å². The molecule has 8 rings (SSSR count). The van der Waals surface area contributed by atoms with Crippen molar-refractivity contribution in [2.24, 2.45) is 59.2 Å². The summed E-state index contributed by atoms with van der Waals surface area (Å²) in [7, 11) is 0. The van der Waals surface area contributed by atoms with Crippen LogP contribution < -0.4 is 0 Å². The minimum absolute atomic E-state index is 0.195. The minimum Gasteiger partial charge on any atom is -0.370 e. The van der Waals surface area contributed by atoms with E-state index in [9.17, 15) is 0 Å². The summed E-state index contributed by atoms with van der Waals surface area (Å²) in [5.41, 5.74) is 0.390. The molecule has 0 spiro atoms. The van der Waals surface area contributed by atoms with E-state index in [1.54, 1.807) is 0 Å². The molecule has 0 unspecified atom stereocenters. The van der Waals surface area contributed by atoms with Crippen LogP contribution in [0.3, 0.4) is 0 Å². The average Bonchev–Trinajstić information content (AvgIpc) is 3.36.